The van der Waals surface area contributed by atoms with Gasteiger partial charge in [0.1, 0.15) is 5.02 Å². The number of anilines is 1. The van der Waals surface area contributed by atoms with Gasteiger partial charge in [-0.25, -0.2) is 5.10 Å². The standard InChI is InChI=1S/C17H18ClN5O2/c18-15-14(8-20-22-17(15)25)23-6-4-12(9-23)21-16(24)11-3-5-19-13(7-11)10-1-2-10/h3,5,7-8,10,12H,1-2,4,6,9H2,(H,21,24)(H,22,25). The van der Waals surface area contributed by atoms with Gasteiger partial charge in [-0.15, -0.1) is 0 Å². The minimum absolute atomic E-state index is 0.000365. The smallest absolute Gasteiger partial charge is 0.285 e. The molecule has 1 atom stereocenters. The van der Waals surface area contributed by atoms with Gasteiger partial charge in [0.2, 0.25) is 0 Å². The van der Waals surface area contributed by atoms with Crippen molar-refractivity contribution in [1.82, 2.24) is 20.5 Å². The van der Waals surface area contributed by atoms with Crippen LogP contribution in [0.2, 0.25) is 5.02 Å². The molecule has 4 rings (SSSR count). The van der Waals surface area contributed by atoms with E-state index < -0.39 is 5.56 Å². The van der Waals surface area contributed by atoms with Crippen LogP contribution < -0.4 is 15.8 Å². The average Bonchev–Trinajstić information content (AvgIpc) is 3.38. The van der Waals surface area contributed by atoms with Gasteiger partial charge in [-0.3, -0.25) is 14.6 Å². The molecule has 0 radical (unpaired) electrons. The molecule has 1 amide bonds. The van der Waals surface area contributed by atoms with Crippen LogP contribution in [0.1, 0.15) is 41.2 Å². The van der Waals surface area contributed by atoms with Crippen LogP contribution in [0.3, 0.4) is 0 Å². The molecule has 2 aromatic rings. The quantitative estimate of drug-likeness (QED) is 0.867. The first-order valence-corrected chi connectivity index (χ1v) is 8.74. The van der Waals surface area contributed by atoms with E-state index >= 15 is 0 Å². The Bertz CT molecular complexity index is 864. The summed E-state index contributed by atoms with van der Waals surface area (Å²) in [7, 11) is 0. The van der Waals surface area contributed by atoms with Gasteiger partial charge in [-0.05, 0) is 31.4 Å². The summed E-state index contributed by atoms with van der Waals surface area (Å²) in [5.41, 5.74) is 1.84. The number of aromatic nitrogens is 3. The van der Waals surface area contributed by atoms with Crippen LogP contribution in [0.5, 0.6) is 0 Å². The third-order valence-corrected chi connectivity index (χ3v) is 5.05. The summed E-state index contributed by atoms with van der Waals surface area (Å²) in [4.78, 5) is 30.4. The van der Waals surface area contributed by atoms with Gasteiger partial charge in [0.25, 0.3) is 11.5 Å². The summed E-state index contributed by atoms with van der Waals surface area (Å²) < 4.78 is 0. The number of rotatable bonds is 4. The van der Waals surface area contributed by atoms with Gasteiger partial charge in [-0.1, -0.05) is 11.6 Å². The molecule has 8 heteroatoms. The Labute approximate surface area is 149 Å². The van der Waals surface area contributed by atoms with Crippen LogP contribution >= 0.6 is 11.6 Å². The van der Waals surface area contributed by atoms with Crippen molar-refractivity contribution in [1.29, 1.82) is 0 Å². The molecule has 2 fully saturated rings. The van der Waals surface area contributed by atoms with E-state index in [0.717, 1.165) is 25.0 Å². The number of amides is 1. The van der Waals surface area contributed by atoms with Crippen LogP contribution in [0.4, 0.5) is 5.69 Å². The van der Waals surface area contributed by atoms with Crippen LogP contribution in [0.15, 0.2) is 29.3 Å². The molecule has 0 bridgehead atoms. The predicted octanol–water partition coefficient (Wildman–Crippen LogP) is 1.70. The van der Waals surface area contributed by atoms with E-state index in [9.17, 15) is 9.59 Å². The molecule has 1 saturated heterocycles. The second kappa shape index (κ2) is 6.48. The number of hydrogen-bond donors (Lipinski definition) is 2. The molecule has 0 spiro atoms. The summed E-state index contributed by atoms with van der Waals surface area (Å²) in [6, 6.07) is 3.63. The topological polar surface area (TPSA) is 91.0 Å². The van der Waals surface area contributed by atoms with Crippen molar-refractivity contribution in [2.75, 3.05) is 18.0 Å². The predicted molar refractivity (Wildman–Crippen MR) is 94.2 cm³/mol. The maximum atomic E-state index is 12.5. The maximum Gasteiger partial charge on any atom is 0.285 e. The minimum Gasteiger partial charge on any atom is -0.367 e. The normalized spacial score (nSPS) is 19.9. The summed E-state index contributed by atoms with van der Waals surface area (Å²) in [5.74, 6) is 0.423. The number of nitrogens with zero attached hydrogens (tertiary/aromatic N) is 3. The van der Waals surface area contributed by atoms with Crippen molar-refractivity contribution in [3.63, 3.8) is 0 Å². The molecule has 130 valence electrons. The number of aromatic amines is 1. The SMILES string of the molecule is O=C(NC1CCN(c2cn[nH]c(=O)c2Cl)C1)c1ccnc(C2CC2)c1. The zero-order valence-electron chi connectivity index (χ0n) is 13.5. The highest BCUT2D eigenvalue weighted by atomic mass is 35.5. The summed E-state index contributed by atoms with van der Waals surface area (Å²) >= 11 is 6.06. The van der Waals surface area contributed by atoms with Crippen molar-refractivity contribution < 1.29 is 4.79 Å². The molecule has 1 aliphatic carbocycles. The summed E-state index contributed by atoms with van der Waals surface area (Å²) in [5, 5.41) is 9.29. The number of pyridine rings is 1. The van der Waals surface area contributed by atoms with Crippen LogP contribution in [-0.2, 0) is 0 Å². The van der Waals surface area contributed by atoms with Gasteiger partial charge in [0.05, 0.1) is 11.9 Å². The fourth-order valence-electron chi connectivity index (χ4n) is 3.15. The molecule has 1 aliphatic heterocycles. The summed E-state index contributed by atoms with van der Waals surface area (Å²) in [6.07, 6.45) is 6.33. The third kappa shape index (κ3) is 3.37. The summed E-state index contributed by atoms with van der Waals surface area (Å²) in [6.45, 7) is 1.30. The van der Waals surface area contributed by atoms with Gasteiger partial charge in [0, 0.05) is 42.5 Å². The molecule has 3 heterocycles. The Morgan fingerprint density at radius 1 is 1.36 bits per heavy atom. The lowest BCUT2D eigenvalue weighted by Crippen LogP contribution is -2.37. The van der Waals surface area contributed by atoms with Gasteiger partial charge in [-0.2, -0.15) is 5.10 Å². The van der Waals surface area contributed by atoms with Crippen LogP contribution in [0, 0.1) is 0 Å². The Morgan fingerprint density at radius 3 is 3.00 bits per heavy atom. The first kappa shape index (κ1) is 16.1. The molecule has 7 nitrogen and oxygen atoms in total. The van der Waals surface area contributed by atoms with Crippen LogP contribution in [0.25, 0.3) is 0 Å². The molecule has 2 aromatic heterocycles. The highest BCUT2D eigenvalue weighted by molar-refractivity contribution is 6.33. The Morgan fingerprint density at radius 2 is 2.20 bits per heavy atom. The molecule has 2 aliphatic rings. The molecule has 2 N–H and O–H groups in total. The number of H-pyrrole nitrogens is 1. The van der Waals surface area contributed by atoms with Crippen molar-refractivity contribution >= 4 is 23.2 Å². The van der Waals surface area contributed by atoms with E-state index in [4.69, 9.17) is 11.6 Å². The van der Waals surface area contributed by atoms with Crippen molar-refractivity contribution in [3.8, 4) is 0 Å². The maximum absolute atomic E-state index is 12.5. The second-order valence-electron chi connectivity index (χ2n) is 6.55. The van der Waals surface area contributed by atoms with E-state index in [1.54, 1.807) is 18.5 Å². The zero-order chi connectivity index (χ0) is 17.4. The Balaban J connectivity index is 1.42. The molecular weight excluding hydrogens is 342 g/mol. The fraction of sp³-hybridized carbons (Fsp3) is 0.412. The van der Waals surface area contributed by atoms with Gasteiger partial charge >= 0.3 is 0 Å². The molecule has 1 saturated carbocycles. The second-order valence-corrected chi connectivity index (χ2v) is 6.93. The number of nitrogens with one attached hydrogen (secondary N) is 2. The monoisotopic (exact) mass is 359 g/mol. The Hall–Kier alpha value is -2.41. The van der Waals surface area contributed by atoms with E-state index in [-0.39, 0.29) is 17.0 Å². The lowest BCUT2D eigenvalue weighted by atomic mass is 10.1. The molecule has 25 heavy (non-hydrogen) atoms. The molecule has 0 aromatic carbocycles. The average molecular weight is 360 g/mol. The van der Waals surface area contributed by atoms with E-state index in [0.29, 0.717) is 30.3 Å². The third-order valence-electron chi connectivity index (χ3n) is 4.68. The zero-order valence-corrected chi connectivity index (χ0v) is 14.3. The number of carbonyl (C=O) groups excluding carboxylic acids is 1. The van der Waals surface area contributed by atoms with E-state index in [2.05, 4.69) is 20.5 Å². The van der Waals surface area contributed by atoms with Gasteiger partial charge in [0.15, 0.2) is 0 Å². The largest absolute Gasteiger partial charge is 0.367 e. The first-order chi connectivity index (χ1) is 12.1. The lowest BCUT2D eigenvalue weighted by Gasteiger charge is -2.19. The van der Waals surface area contributed by atoms with E-state index in [1.165, 1.54) is 0 Å². The van der Waals surface area contributed by atoms with Crippen molar-refractivity contribution in [2.45, 2.75) is 31.2 Å². The van der Waals surface area contributed by atoms with Crippen molar-refractivity contribution in [3.05, 3.63) is 51.2 Å². The highest BCUT2D eigenvalue weighted by Crippen LogP contribution is 2.39. The first-order valence-electron chi connectivity index (χ1n) is 8.37. The molecular formula is C17H18ClN5O2. The highest BCUT2D eigenvalue weighted by Gasteiger charge is 2.28. The minimum atomic E-state index is -0.406. The van der Waals surface area contributed by atoms with Crippen molar-refractivity contribution in [2.24, 2.45) is 0 Å². The fourth-order valence-corrected chi connectivity index (χ4v) is 3.36. The molecule has 1 unspecified atom stereocenters. The number of halogens is 1. The van der Waals surface area contributed by atoms with Gasteiger partial charge < -0.3 is 10.2 Å². The number of hydrogen-bond acceptors (Lipinski definition) is 5. The Kier molecular flexibility index (Phi) is 4.17. The number of carbonyl (C=O) groups is 1. The van der Waals surface area contributed by atoms with E-state index in [1.807, 2.05) is 11.0 Å². The lowest BCUT2D eigenvalue weighted by molar-refractivity contribution is 0.0940. The van der Waals surface area contributed by atoms with Crippen LogP contribution in [-0.4, -0.2) is 40.2 Å².